The summed E-state index contributed by atoms with van der Waals surface area (Å²) in [4.78, 5) is 19.6. The van der Waals surface area contributed by atoms with Gasteiger partial charge in [-0.3, -0.25) is 4.79 Å². The Kier molecular flexibility index (Phi) is 3.98. The molecule has 1 aromatic carbocycles. The standard InChI is InChI=1S/C16H15ClN4O/c1-21-9-8-19-15(21)14(11-4-2-5-12(17)10-11)20-16(22)13-6-3-7-18-13/h2-10,14,18H,1H3,(H,20,22). The third kappa shape index (κ3) is 2.89. The van der Waals surface area contributed by atoms with Crippen LogP contribution in [0.15, 0.2) is 55.0 Å². The van der Waals surface area contributed by atoms with Crippen LogP contribution < -0.4 is 5.32 Å². The number of hydrogen-bond acceptors (Lipinski definition) is 2. The van der Waals surface area contributed by atoms with E-state index < -0.39 is 0 Å². The Morgan fingerprint density at radius 3 is 2.86 bits per heavy atom. The zero-order valence-electron chi connectivity index (χ0n) is 12.0. The Hall–Kier alpha value is -2.53. The quantitative estimate of drug-likeness (QED) is 0.777. The Bertz CT molecular complexity index is 779. The second-order valence-electron chi connectivity index (χ2n) is 4.94. The average Bonchev–Trinajstić information content (AvgIpc) is 3.16. The van der Waals surface area contributed by atoms with Crippen LogP contribution >= 0.6 is 11.6 Å². The summed E-state index contributed by atoms with van der Waals surface area (Å²) in [5, 5.41) is 3.61. The average molecular weight is 315 g/mol. The first-order valence-electron chi connectivity index (χ1n) is 6.82. The number of nitrogens with one attached hydrogen (secondary N) is 2. The smallest absolute Gasteiger partial charge is 0.268 e. The lowest BCUT2D eigenvalue weighted by atomic mass is 10.1. The highest BCUT2D eigenvalue weighted by atomic mass is 35.5. The number of H-pyrrole nitrogens is 1. The van der Waals surface area contributed by atoms with E-state index in [9.17, 15) is 4.79 Å². The summed E-state index contributed by atoms with van der Waals surface area (Å²) in [7, 11) is 1.89. The van der Waals surface area contributed by atoms with Gasteiger partial charge in [0.05, 0.1) is 0 Å². The van der Waals surface area contributed by atoms with Crippen LogP contribution in [-0.4, -0.2) is 20.4 Å². The molecule has 0 fully saturated rings. The number of imidazole rings is 1. The lowest BCUT2D eigenvalue weighted by Crippen LogP contribution is -2.31. The Morgan fingerprint density at radius 1 is 1.36 bits per heavy atom. The van der Waals surface area contributed by atoms with Crippen molar-refractivity contribution in [2.24, 2.45) is 7.05 Å². The summed E-state index contributed by atoms with van der Waals surface area (Å²) in [6, 6.07) is 10.5. The highest BCUT2D eigenvalue weighted by Gasteiger charge is 2.21. The number of aromatic nitrogens is 3. The van der Waals surface area contributed by atoms with Gasteiger partial charge in [0.1, 0.15) is 17.6 Å². The van der Waals surface area contributed by atoms with Crippen LogP contribution in [0, 0.1) is 0 Å². The number of nitrogens with zero attached hydrogens (tertiary/aromatic N) is 2. The number of amides is 1. The molecule has 3 rings (SSSR count). The molecule has 1 unspecified atom stereocenters. The van der Waals surface area contributed by atoms with Gasteiger partial charge in [0.2, 0.25) is 0 Å². The van der Waals surface area contributed by atoms with Gasteiger partial charge in [-0.05, 0) is 29.8 Å². The summed E-state index contributed by atoms with van der Waals surface area (Å²) in [5.41, 5.74) is 1.38. The largest absolute Gasteiger partial charge is 0.357 e. The molecule has 0 aliphatic carbocycles. The molecule has 112 valence electrons. The molecule has 0 radical (unpaired) electrons. The minimum absolute atomic E-state index is 0.196. The lowest BCUT2D eigenvalue weighted by Gasteiger charge is -2.19. The zero-order valence-corrected chi connectivity index (χ0v) is 12.7. The molecule has 0 aliphatic heterocycles. The number of hydrogen-bond donors (Lipinski definition) is 2. The maximum absolute atomic E-state index is 12.4. The van der Waals surface area contributed by atoms with Crippen molar-refractivity contribution >= 4 is 17.5 Å². The molecular formula is C16H15ClN4O. The number of rotatable bonds is 4. The first-order chi connectivity index (χ1) is 10.6. The monoisotopic (exact) mass is 314 g/mol. The van der Waals surface area contributed by atoms with Crippen molar-refractivity contribution in [1.29, 1.82) is 0 Å². The van der Waals surface area contributed by atoms with Crippen LogP contribution in [0.1, 0.15) is 27.9 Å². The Balaban J connectivity index is 1.97. The summed E-state index contributed by atoms with van der Waals surface area (Å²) in [6.07, 6.45) is 5.26. The van der Waals surface area contributed by atoms with E-state index in [1.165, 1.54) is 0 Å². The molecule has 0 saturated carbocycles. The van der Waals surface area contributed by atoms with Crippen molar-refractivity contribution in [3.63, 3.8) is 0 Å². The predicted octanol–water partition coefficient (Wildman–Crippen LogP) is 2.92. The summed E-state index contributed by atoms with van der Waals surface area (Å²) < 4.78 is 1.88. The molecule has 5 nitrogen and oxygen atoms in total. The highest BCUT2D eigenvalue weighted by Crippen LogP contribution is 2.23. The fourth-order valence-electron chi connectivity index (χ4n) is 2.32. The maximum atomic E-state index is 12.4. The molecule has 0 bridgehead atoms. The highest BCUT2D eigenvalue weighted by molar-refractivity contribution is 6.30. The van der Waals surface area contributed by atoms with Crippen molar-refractivity contribution in [3.8, 4) is 0 Å². The van der Waals surface area contributed by atoms with E-state index in [4.69, 9.17) is 11.6 Å². The number of carbonyl (C=O) groups excluding carboxylic acids is 1. The SMILES string of the molecule is Cn1ccnc1C(NC(=O)c1ccc[nH]1)c1cccc(Cl)c1. The van der Waals surface area contributed by atoms with Gasteiger partial charge in [-0.2, -0.15) is 0 Å². The second kappa shape index (κ2) is 6.07. The summed E-state index contributed by atoms with van der Waals surface area (Å²) in [5.74, 6) is 0.542. The van der Waals surface area contributed by atoms with Crippen LogP contribution in [0.2, 0.25) is 5.02 Å². The first kappa shape index (κ1) is 14.4. The van der Waals surface area contributed by atoms with Crippen molar-refractivity contribution in [1.82, 2.24) is 19.9 Å². The van der Waals surface area contributed by atoms with Gasteiger partial charge in [-0.25, -0.2) is 4.98 Å². The zero-order chi connectivity index (χ0) is 15.5. The summed E-state index contributed by atoms with van der Waals surface area (Å²) >= 11 is 6.08. The fourth-order valence-corrected chi connectivity index (χ4v) is 2.52. The van der Waals surface area contributed by atoms with E-state index in [2.05, 4.69) is 15.3 Å². The Labute approximate surface area is 133 Å². The van der Waals surface area contributed by atoms with Crippen LogP contribution in [0.25, 0.3) is 0 Å². The van der Waals surface area contributed by atoms with E-state index in [0.29, 0.717) is 10.7 Å². The number of carbonyl (C=O) groups is 1. The number of aromatic amines is 1. The lowest BCUT2D eigenvalue weighted by molar-refractivity contribution is 0.0936. The molecule has 3 aromatic rings. The van der Waals surface area contributed by atoms with E-state index in [1.807, 2.05) is 36.0 Å². The molecule has 2 heterocycles. The van der Waals surface area contributed by atoms with Crippen molar-refractivity contribution < 1.29 is 4.79 Å². The van der Waals surface area contributed by atoms with Crippen LogP contribution in [-0.2, 0) is 7.05 Å². The van der Waals surface area contributed by atoms with E-state index in [1.54, 1.807) is 30.6 Å². The summed E-state index contributed by atoms with van der Waals surface area (Å²) in [6.45, 7) is 0. The normalized spacial score (nSPS) is 12.1. The van der Waals surface area contributed by atoms with Gasteiger partial charge in [0.15, 0.2) is 0 Å². The molecule has 0 saturated heterocycles. The van der Waals surface area contributed by atoms with E-state index in [-0.39, 0.29) is 11.9 Å². The van der Waals surface area contributed by atoms with E-state index >= 15 is 0 Å². The number of aryl methyl sites for hydroxylation is 1. The molecule has 2 N–H and O–H groups in total. The molecule has 0 spiro atoms. The molecule has 0 aliphatic rings. The number of benzene rings is 1. The number of halogens is 1. The third-order valence-corrected chi connectivity index (χ3v) is 3.65. The maximum Gasteiger partial charge on any atom is 0.268 e. The topological polar surface area (TPSA) is 62.7 Å². The van der Waals surface area contributed by atoms with Crippen molar-refractivity contribution in [2.75, 3.05) is 0 Å². The second-order valence-corrected chi connectivity index (χ2v) is 5.38. The molecular weight excluding hydrogens is 300 g/mol. The van der Waals surface area contributed by atoms with E-state index in [0.717, 1.165) is 11.4 Å². The van der Waals surface area contributed by atoms with Crippen LogP contribution in [0.4, 0.5) is 0 Å². The minimum Gasteiger partial charge on any atom is -0.357 e. The van der Waals surface area contributed by atoms with Gasteiger partial charge < -0.3 is 14.9 Å². The van der Waals surface area contributed by atoms with Gasteiger partial charge in [0, 0.05) is 30.7 Å². The van der Waals surface area contributed by atoms with Crippen molar-refractivity contribution in [2.45, 2.75) is 6.04 Å². The van der Waals surface area contributed by atoms with Gasteiger partial charge in [-0.1, -0.05) is 23.7 Å². The fraction of sp³-hybridized carbons (Fsp3) is 0.125. The molecule has 1 atom stereocenters. The molecule has 2 aromatic heterocycles. The predicted molar refractivity (Wildman–Crippen MR) is 84.8 cm³/mol. The van der Waals surface area contributed by atoms with Gasteiger partial charge >= 0.3 is 0 Å². The third-order valence-electron chi connectivity index (χ3n) is 3.42. The van der Waals surface area contributed by atoms with Gasteiger partial charge in [0.25, 0.3) is 5.91 Å². The molecule has 22 heavy (non-hydrogen) atoms. The van der Waals surface area contributed by atoms with Crippen LogP contribution in [0.3, 0.4) is 0 Å². The molecule has 1 amide bonds. The minimum atomic E-state index is -0.380. The van der Waals surface area contributed by atoms with Crippen molar-refractivity contribution in [3.05, 3.63) is 77.1 Å². The molecule has 6 heteroatoms. The first-order valence-corrected chi connectivity index (χ1v) is 7.20. The Morgan fingerprint density at radius 2 is 2.23 bits per heavy atom. The van der Waals surface area contributed by atoms with Crippen LogP contribution in [0.5, 0.6) is 0 Å². The van der Waals surface area contributed by atoms with Gasteiger partial charge in [-0.15, -0.1) is 0 Å².